The van der Waals surface area contributed by atoms with Crippen molar-refractivity contribution in [2.45, 2.75) is 4.90 Å². The second-order valence-electron chi connectivity index (χ2n) is 1.84. The average Bonchev–Trinajstić information content (AvgIpc) is 2.04. The molecule has 1 aromatic rings. The fourth-order valence-corrected chi connectivity index (χ4v) is 2.08. The van der Waals surface area contributed by atoms with Crippen LogP contribution < -0.4 is 4.74 Å². The van der Waals surface area contributed by atoms with Gasteiger partial charge in [-0.15, -0.1) is 11.8 Å². The topological polar surface area (TPSA) is 22.1 Å². The van der Waals surface area contributed by atoms with Crippen LogP contribution in [0.2, 0.25) is 0 Å². The lowest BCUT2D eigenvalue weighted by molar-refractivity contribution is 0.386. The largest absolute Gasteiger partial charge is 0.480 e. The van der Waals surface area contributed by atoms with E-state index in [0.717, 1.165) is 9.37 Å². The van der Waals surface area contributed by atoms with Gasteiger partial charge in [-0.05, 0) is 28.3 Å². The molecule has 0 radical (unpaired) electrons. The number of methoxy groups -OCH3 is 1. The minimum atomic E-state index is 0.673. The monoisotopic (exact) mass is 233 g/mol. The molecule has 0 aromatic carbocycles. The highest BCUT2D eigenvalue weighted by Crippen LogP contribution is 2.32. The molecule has 0 aliphatic carbocycles. The van der Waals surface area contributed by atoms with E-state index >= 15 is 0 Å². The van der Waals surface area contributed by atoms with Crippen molar-refractivity contribution in [3.63, 3.8) is 0 Å². The molecule has 1 aromatic heterocycles. The van der Waals surface area contributed by atoms with Gasteiger partial charge in [0.25, 0.3) is 0 Å². The lowest BCUT2D eigenvalue weighted by Gasteiger charge is -2.04. The lowest BCUT2D eigenvalue weighted by atomic mass is 10.5. The number of thioether (sulfide) groups is 1. The average molecular weight is 234 g/mol. The van der Waals surface area contributed by atoms with E-state index in [9.17, 15) is 0 Å². The molecular weight excluding hydrogens is 226 g/mol. The SMILES string of the molecule is COc1nccc(Br)c1SC. The molecule has 2 nitrogen and oxygen atoms in total. The molecule has 4 heteroatoms. The van der Waals surface area contributed by atoms with Crippen LogP contribution in [-0.2, 0) is 0 Å². The second-order valence-corrected chi connectivity index (χ2v) is 3.51. The van der Waals surface area contributed by atoms with Crippen LogP contribution in [0.5, 0.6) is 5.88 Å². The molecule has 0 N–H and O–H groups in total. The molecule has 60 valence electrons. The third-order valence-corrected chi connectivity index (χ3v) is 2.95. The van der Waals surface area contributed by atoms with Crippen LogP contribution in [0.15, 0.2) is 21.6 Å². The highest BCUT2D eigenvalue weighted by Gasteiger charge is 2.05. The van der Waals surface area contributed by atoms with Crippen molar-refractivity contribution < 1.29 is 4.74 Å². The first-order valence-electron chi connectivity index (χ1n) is 3.02. The third kappa shape index (κ3) is 1.87. The molecule has 0 saturated carbocycles. The Bertz CT molecular complexity index is 254. The van der Waals surface area contributed by atoms with E-state index in [0.29, 0.717) is 5.88 Å². The number of nitrogens with zero attached hydrogens (tertiary/aromatic N) is 1. The van der Waals surface area contributed by atoms with E-state index in [2.05, 4.69) is 20.9 Å². The Labute approximate surface area is 78.5 Å². The minimum absolute atomic E-state index is 0.673. The predicted molar refractivity (Wildman–Crippen MR) is 50.3 cm³/mol. The van der Waals surface area contributed by atoms with Crippen molar-refractivity contribution in [3.8, 4) is 5.88 Å². The van der Waals surface area contributed by atoms with Crippen LogP contribution >= 0.6 is 27.7 Å². The van der Waals surface area contributed by atoms with Crippen LogP contribution in [0, 0.1) is 0 Å². The summed E-state index contributed by atoms with van der Waals surface area (Å²) in [5.74, 6) is 0.673. The number of halogens is 1. The van der Waals surface area contributed by atoms with Crippen LogP contribution in [-0.4, -0.2) is 18.3 Å². The van der Waals surface area contributed by atoms with Gasteiger partial charge in [0.1, 0.15) is 0 Å². The van der Waals surface area contributed by atoms with Crippen LogP contribution in [0.25, 0.3) is 0 Å². The van der Waals surface area contributed by atoms with Gasteiger partial charge in [-0.1, -0.05) is 0 Å². The second kappa shape index (κ2) is 3.97. The summed E-state index contributed by atoms with van der Waals surface area (Å²) in [5, 5.41) is 0. The van der Waals surface area contributed by atoms with Gasteiger partial charge in [0.15, 0.2) is 0 Å². The summed E-state index contributed by atoms with van der Waals surface area (Å²) < 4.78 is 6.08. The Balaban J connectivity index is 3.13. The molecule has 0 unspecified atom stereocenters. The van der Waals surface area contributed by atoms with Crippen molar-refractivity contribution in [2.75, 3.05) is 13.4 Å². The van der Waals surface area contributed by atoms with Gasteiger partial charge in [-0.3, -0.25) is 0 Å². The maximum atomic E-state index is 5.06. The van der Waals surface area contributed by atoms with E-state index < -0.39 is 0 Å². The first-order valence-corrected chi connectivity index (χ1v) is 5.04. The minimum Gasteiger partial charge on any atom is -0.480 e. The van der Waals surface area contributed by atoms with Crippen molar-refractivity contribution in [2.24, 2.45) is 0 Å². The number of pyridine rings is 1. The molecule has 0 bridgehead atoms. The molecule has 0 spiro atoms. The van der Waals surface area contributed by atoms with Crippen molar-refractivity contribution in [1.29, 1.82) is 0 Å². The van der Waals surface area contributed by atoms with E-state index in [4.69, 9.17) is 4.74 Å². The van der Waals surface area contributed by atoms with Gasteiger partial charge >= 0.3 is 0 Å². The molecule has 0 atom stereocenters. The Morgan fingerprint density at radius 1 is 1.64 bits per heavy atom. The molecule has 0 aliphatic heterocycles. The number of hydrogen-bond acceptors (Lipinski definition) is 3. The molecule has 1 heterocycles. The standard InChI is InChI=1S/C7H8BrNOS/c1-10-7-6(11-2)5(8)3-4-9-7/h3-4H,1-2H3. The van der Waals surface area contributed by atoms with Crippen LogP contribution in [0.1, 0.15) is 0 Å². The predicted octanol–water partition coefficient (Wildman–Crippen LogP) is 2.57. The summed E-state index contributed by atoms with van der Waals surface area (Å²) in [6, 6.07) is 1.90. The summed E-state index contributed by atoms with van der Waals surface area (Å²) in [6.45, 7) is 0. The molecule has 0 amide bonds. The van der Waals surface area contributed by atoms with Gasteiger partial charge in [0.2, 0.25) is 5.88 Å². The first kappa shape index (κ1) is 8.87. The summed E-state index contributed by atoms with van der Waals surface area (Å²) in [5.41, 5.74) is 0. The Morgan fingerprint density at radius 2 is 2.36 bits per heavy atom. The number of hydrogen-bond donors (Lipinski definition) is 0. The molecule has 1 rings (SSSR count). The quantitative estimate of drug-likeness (QED) is 0.734. The van der Waals surface area contributed by atoms with Crippen molar-refractivity contribution in [3.05, 3.63) is 16.7 Å². The maximum Gasteiger partial charge on any atom is 0.228 e. The molecular formula is C7H8BrNOS. The van der Waals surface area contributed by atoms with E-state index in [1.165, 1.54) is 0 Å². The fraction of sp³-hybridized carbons (Fsp3) is 0.286. The van der Waals surface area contributed by atoms with Gasteiger partial charge < -0.3 is 4.74 Å². The highest BCUT2D eigenvalue weighted by molar-refractivity contribution is 9.10. The number of rotatable bonds is 2. The summed E-state index contributed by atoms with van der Waals surface area (Å²) in [6.07, 6.45) is 3.70. The summed E-state index contributed by atoms with van der Waals surface area (Å²) >= 11 is 5.02. The molecule has 11 heavy (non-hydrogen) atoms. The summed E-state index contributed by atoms with van der Waals surface area (Å²) in [4.78, 5) is 5.09. The zero-order valence-electron chi connectivity index (χ0n) is 6.30. The first-order chi connectivity index (χ1) is 5.29. The van der Waals surface area contributed by atoms with Crippen LogP contribution in [0.3, 0.4) is 0 Å². The van der Waals surface area contributed by atoms with E-state index in [1.807, 2.05) is 12.3 Å². The number of ether oxygens (including phenoxy) is 1. The zero-order chi connectivity index (χ0) is 8.27. The molecule has 0 saturated heterocycles. The highest BCUT2D eigenvalue weighted by atomic mass is 79.9. The van der Waals surface area contributed by atoms with Crippen molar-refractivity contribution in [1.82, 2.24) is 4.98 Å². The van der Waals surface area contributed by atoms with Gasteiger partial charge in [-0.2, -0.15) is 0 Å². The third-order valence-electron chi connectivity index (χ3n) is 1.22. The fourth-order valence-electron chi connectivity index (χ4n) is 0.737. The van der Waals surface area contributed by atoms with Gasteiger partial charge in [0.05, 0.1) is 12.0 Å². The van der Waals surface area contributed by atoms with Crippen LogP contribution in [0.4, 0.5) is 0 Å². The molecule has 0 fully saturated rings. The Kier molecular flexibility index (Phi) is 3.20. The molecule has 0 aliphatic rings. The Hall–Kier alpha value is -0.220. The maximum absolute atomic E-state index is 5.06. The van der Waals surface area contributed by atoms with Gasteiger partial charge in [0, 0.05) is 10.7 Å². The lowest BCUT2D eigenvalue weighted by Crippen LogP contribution is -1.89. The van der Waals surface area contributed by atoms with E-state index in [1.54, 1.807) is 25.1 Å². The van der Waals surface area contributed by atoms with E-state index in [-0.39, 0.29) is 0 Å². The summed E-state index contributed by atoms with van der Waals surface area (Å²) in [7, 11) is 1.62. The van der Waals surface area contributed by atoms with Crippen molar-refractivity contribution >= 4 is 27.7 Å². The van der Waals surface area contributed by atoms with Gasteiger partial charge in [-0.25, -0.2) is 4.98 Å². The number of aromatic nitrogens is 1. The normalized spacial score (nSPS) is 9.73. The zero-order valence-corrected chi connectivity index (χ0v) is 8.70. The Morgan fingerprint density at radius 3 is 2.82 bits per heavy atom. The smallest absolute Gasteiger partial charge is 0.228 e.